The lowest BCUT2D eigenvalue weighted by Crippen LogP contribution is -2.04. The lowest BCUT2D eigenvalue weighted by Gasteiger charge is -2.10. The second-order valence-corrected chi connectivity index (χ2v) is 4.67. The van der Waals surface area contributed by atoms with Crippen LogP contribution in [0.3, 0.4) is 0 Å². The van der Waals surface area contributed by atoms with E-state index in [1.807, 2.05) is 6.07 Å². The van der Waals surface area contributed by atoms with Crippen molar-refractivity contribution in [1.82, 2.24) is 29.5 Å². The molecule has 0 bridgehead atoms. The zero-order valence-electron chi connectivity index (χ0n) is 10.4. The topological polar surface area (TPSA) is 81.6 Å². The maximum absolute atomic E-state index is 9.96. The zero-order valence-corrected chi connectivity index (χ0v) is 11.1. The van der Waals surface area contributed by atoms with Gasteiger partial charge >= 0.3 is 0 Å². The Morgan fingerprint density at radius 3 is 2.10 bits per heavy atom. The van der Waals surface area contributed by atoms with Gasteiger partial charge in [0, 0.05) is 10.6 Å². The van der Waals surface area contributed by atoms with Crippen molar-refractivity contribution in [2.75, 3.05) is 0 Å². The molecule has 0 spiro atoms. The molecule has 0 unspecified atom stereocenters. The maximum Gasteiger partial charge on any atom is 0.137 e. The first-order chi connectivity index (χ1) is 9.72. The number of benzene rings is 1. The molecule has 7 nitrogen and oxygen atoms in total. The van der Waals surface area contributed by atoms with Gasteiger partial charge in [0.1, 0.15) is 31.1 Å². The van der Waals surface area contributed by atoms with Gasteiger partial charge in [-0.1, -0.05) is 11.6 Å². The normalized spacial score (nSPS) is 10.8. The molecule has 0 saturated carbocycles. The SMILES string of the molecule is Oc1cc(Cl)c(Cn2cncn2)cc1Cn1cncn1. The average molecular weight is 291 g/mol. The molecule has 0 saturated heterocycles. The molecule has 0 atom stereocenters. The summed E-state index contributed by atoms with van der Waals surface area (Å²) in [7, 11) is 0. The molecule has 20 heavy (non-hydrogen) atoms. The molecule has 102 valence electrons. The van der Waals surface area contributed by atoms with Crippen molar-refractivity contribution in [2.24, 2.45) is 0 Å². The molecule has 0 aliphatic heterocycles. The Labute approximate surface area is 119 Å². The summed E-state index contributed by atoms with van der Waals surface area (Å²) in [5.74, 6) is 0.132. The van der Waals surface area contributed by atoms with E-state index < -0.39 is 0 Å². The van der Waals surface area contributed by atoms with Crippen LogP contribution in [0.25, 0.3) is 0 Å². The van der Waals surface area contributed by atoms with Gasteiger partial charge in [-0.05, 0) is 17.7 Å². The predicted octanol–water partition coefficient (Wildman–Crippen LogP) is 1.33. The van der Waals surface area contributed by atoms with E-state index >= 15 is 0 Å². The minimum absolute atomic E-state index is 0.132. The third kappa shape index (κ3) is 2.62. The Bertz CT molecular complexity index is 638. The van der Waals surface area contributed by atoms with Crippen LogP contribution in [0, 0.1) is 0 Å². The molecular formula is C12H11ClN6O. The van der Waals surface area contributed by atoms with E-state index in [9.17, 15) is 5.11 Å². The molecule has 0 fully saturated rings. The van der Waals surface area contributed by atoms with Crippen LogP contribution in [-0.4, -0.2) is 34.6 Å². The van der Waals surface area contributed by atoms with Gasteiger partial charge in [-0.2, -0.15) is 10.2 Å². The van der Waals surface area contributed by atoms with Crippen molar-refractivity contribution >= 4 is 11.6 Å². The Morgan fingerprint density at radius 2 is 1.55 bits per heavy atom. The Kier molecular flexibility index (Phi) is 3.34. The maximum atomic E-state index is 9.96. The first-order valence-corrected chi connectivity index (χ1v) is 6.25. The number of aromatic hydroxyl groups is 1. The largest absolute Gasteiger partial charge is 0.508 e. The number of halogens is 1. The molecule has 3 rings (SSSR count). The molecule has 1 aromatic carbocycles. The summed E-state index contributed by atoms with van der Waals surface area (Å²) < 4.78 is 3.29. The van der Waals surface area contributed by atoms with E-state index in [2.05, 4.69) is 20.2 Å². The molecule has 0 aliphatic rings. The molecule has 0 radical (unpaired) electrons. The summed E-state index contributed by atoms with van der Waals surface area (Å²) >= 11 is 6.14. The van der Waals surface area contributed by atoms with Crippen molar-refractivity contribution < 1.29 is 5.11 Å². The fourth-order valence-electron chi connectivity index (χ4n) is 1.88. The smallest absolute Gasteiger partial charge is 0.137 e. The molecule has 0 amide bonds. The van der Waals surface area contributed by atoms with Gasteiger partial charge in [0.15, 0.2) is 0 Å². The molecule has 0 aliphatic carbocycles. The van der Waals surface area contributed by atoms with Crippen LogP contribution in [0.2, 0.25) is 5.02 Å². The van der Waals surface area contributed by atoms with Crippen LogP contribution in [-0.2, 0) is 13.1 Å². The second kappa shape index (κ2) is 5.30. The van der Waals surface area contributed by atoms with Gasteiger partial charge in [0.2, 0.25) is 0 Å². The van der Waals surface area contributed by atoms with Crippen molar-refractivity contribution in [3.8, 4) is 5.75 Å². The van der Waals surface area contributed by atoms with Crippen molar-refractivity contribution in [1.29, 1.82) is 0 Å². The second-order valence-electron chi connectivity index (χ2n) is 4.26. The van der Waals surface area contributed by atoms with Crippen LogP contribution < -0.4 is 0 Å². The summed E-state index contributed by atoms with van der Waals surface area (Å²) in [6.07, 6.45) is 6.11. The minimum Gasteiger partial charge on any atom is -0.508 e. The summed E-state index contributed by atoms with van der Waals surface area (Å²) in [6.45, 7) is 0.914. The minimum atomic E-state index is 0.132. The number of hydrogen-bond acceptors (Lipinski definition) is 5. The van der Waals surface area contributed by atoms with E-state index in [0.717, 1.165) is 11.1 Å². The van der Waals surface area contributed by atoms with Crippen LogP contribution in [0.15, 0.2) is 37.4 Å². The average Bonchev–Trinajstić information content (AvgIpc) is 3.08. The quantitative estimate of drug-likeness (QED) is 0.784. The summed E-state index contributed by atoms with van der Waals surface area (Å²) in [5, 5.41) is 18.5. The van der Waals surface area contributed by atoms with E-state index in [-0.39, 0.29) is 5.75 Å². The van der Waals surface area contributed by atoms with Crippen LogP contribution in [0.4, 0.5) is 0 Å². The number of aromatic nitrogens is 6. The number of rotatable bonds is 4. The van der Waals surface area contributed by atoms with Crippen molar-refractivity contribution in [2.45, 2.75) is 13.1 Å². The fraction of sp³-hybridized carbons (Fsp3) is 0.167. The van der Waals surface area contributed by atoms with Crippen LogP contribution in [0.5, 0.6) is 5.75 Å². The Hall–Kier alpha value is -2.41. The van der Waals surface area contributed by atoms with E-state index in [1.54, 1.807) is 22.0 Å². The molecule has 8 heteroatoms. The standard InChI is InChI=1S/C12H11ClN6O/c13-11-2-12(20)10(4-19-8-15-6-17-19)1-9(11)3-18-7-14-5-16-18/h1-2,5-8,20H,3-4H2. The van der Waals surface area contributed by atoms with Crippen LogP contribution >= 0.6 is 11.6 Å². The van der Waals surface area contributed by atoms with Crippen molar-refractivity contribution in [3.05, 3.63) is 53.6 Å². The number of phenolic OH excluding ortho intramolecular Hbond substituents is 1. The van der Waals surface area contributed by atoms with Gasteiger partial charge in [-0.25, -0.2) is 19.3 Å². The highest BCUT2D eigenvalue weighted by Crippen LogP contribution is 2.27. The summed E-state index contributed by atoms with van der Waals surface area (Å²) in [4.78, 5) is 7.76. The third-order valence-electron chi connectivity index (χ3n) is 2.85. The Balaban J connectivity index is 1.90. The fourth-order valence-corrected chi connectivity index (χ4v) is 2.10. The summed E-state index contributed by atoms with van der Waals surface area (Å²) in [6, 6.07) is 3.36. The molecule has 2 heterocycles. The first kappa shape index (κ1) is 12.6. The molecular weight excluding hydrogens is 280 g/mol. The lowest BCUT2D eigenvalue weighted by atomic mass is 10.1. The van der Waals surface area contributed by atoms with E-state index in [4.69, 9.17) is 11.6 Å². The van der Waals surface area contributed by atoms with E-state index in [1.165, 1.54) is 18.7 Å². The number of hydrogen-bond donors (Lipinski definition) is 1. The number of phenols is 1. The van der Waals surface area contributed by atoms with Gasteiger partial charge in [-0.15, -0.1) is 0 Å². The van der Waals surface area contributed by atoms with Gasteiger partial charge < -0.3 is 5.11 Å². The lowest BCUT2D eigenvalue weighted by molar-refractivity contribution is 0.463. The highest BCUT2D eigenvalue weighted by Gasteiger charge is 2.10. The zero-order chi connectivity index (χ0) is 13.9. The molecule has 2 aromatic heterocycles. The predicted molar refractivity (Wildman–Crippen MR) is 71.4 cm³/mol. The highest BCUT2D eigenvalue weighted by atomic mass is 35.5. The van der Waals surface area contributed by atoms with Crippen molar-refractivity contribution in [3.63, 3.8) is 0 Å². The van der Waals surface area contributed by atoms with Gasteiger partial charge in [0.25, 0.3) is 0 Å². The summed E-state index contributed by atoms with van der Waals surface area (Å²) in [5.41, 5.74) is 1.57. The molecule has 1 N–H and O–H groups in total. The van der Waals surface area contributed by atoms with Gasteiger partial charge in [-0.3, -0.25) is 0 Å². The van der Waals surface area contributed by atoms with Crippen LogP contribution in [0.1, 0.15) is 11.1 Å². The van der Waals surface area contributed by atoms with Gasteiger partial charge in [0.05, 0.1) is 13.1 Å². The third-order valence-corrected chi connectivity index (χ3v) is 3.20. The highest BCUT2D eigenvalue weighted by molar-refractivity contribution is 6.31. The monoisotopic (exact) mass is 290 g/mol. The Morgan fingerprint density at radius 1 is 0.950 bits per heavy atom. The number of nitrogens with zero attached hydrogens (tertiary/aromatic N) is 6. The van der Waals surface area contributed by atoms with E-state index in [0.29, 0.717) is 18.1 Å². The first-order valence-electron chi connectivity index (χ1n) is 5.87. The molecule has 3 aromatic rings.